The molecule has 0 aromatic heterocycles. The largest absolute Gasteiger partial charge is 0.480 e. The number of ether oxygens (including phenoxy) is 1. The van der Waals surface area contributed by atoms with Crippen LogP contribution in [-0.2, 0) is 14.0 Å². The summed E-state index contributed by atoms with van der Waals surface area (Å²) in [5.41, 5.74) is 4.00. The summed E-state index contributed by atoms with van der Waals surface area (Å²) in [5.74, 6) is -0.913. The van der Waals surface area contributed by atoms with E-state index in [-0.39, 0.29) is 12.6 Å². The van der Waals surface area contributed by atoms with Crippen LogP contribution in [0.25, 0.3) is 0 Å². The maximum atomic E-state index is 10.5. The minimum atomic E-state index is -0.913. The second-order valence-electron chi connectivity index (χ2n) is 7.01. The van der Waals surface area contributed by atoms with Gasteiger partial charge in [0.2, 0.25) is 0 Å². The Kier molecular flexibility index (Phi) is 8.27. The summed E-state index contributed by atoms with van der Waals surface area (Å²) < 4.78 is 6.20. The Morgan fingerprint density at radius 1 is 1.00 bits per heavy atom. The standard InChI is InChI=1S/C22H27IN2O3/c23-16-18-6-8-20(9-7-18)22(19-4-2-1-3-5-19)25-12-10-24(11-13-25)14-15-28-17-21(26)27/h1-9,22H,10-17H2,(H,26,27). The van der Waals surface area contributed by atoms with Crippen LogP contribution in [0.2, 0.25) is 0 Å². The molecule has 0 bridgehead atoms. The third-order valence-corrected chi connectivity index (χ3v) is 6.00. The summed E-state index contributed by atoms with van der Waals surface area (Å²) in [5, 5.41) is 8.65. The van der Waals surface area contributed by atoms with E-state index in [2.05, 4.69) is 87.0 Å². The summed E-state index contributed by atoms with van der Waals surface area (Å²) >= 11 is 2.40. The molecule has 2 aromatic rings. The van der Waals surface area contributed by atoms with E-state index in [0.717, 1.165) is 37.2 Å². The van der Waals surface area contributed by atoms with Crippen molar-refractivity contribution >= 4 is 28.6 Å². The molecule has 0 spiro atoms. The number of hydrogen-bond acceptors (Lipinski definition) is 4. The Bertz CT molecular complexity index is 731. The van der Waals surface area contributed by atoms with Gasteiger partial charge in [0.1, 0.15) is 6.61 Å². The number of carbonyl (C=O) groups is 1. The van der Waals surface area contributed by atoms with Crippen LogP contribution in [0, 0.1) is 0 Å². The van der Waals surface area contributed by atoms with E-state index in [1.165, 1.54) is 16.7 Å². The highest BCUT2D eigenvalue weighted by Crippen LogP contribution is 2.30. The van der Waals surface area contributed by atoms with Crippen LogP contribution in [-0.4, -0.2) is 66.8 Å². The number of carboxylic acids is 1. The van der Waals surface area contributed by atoms with Crippen LogP contribution in [0.1, 0.15) is 22.7 Å². The lowest BCUT2D eigenvalue weighted by Crippen LogP contribution is -2.48. The molecule has 1 fully saturated rings. The summed E-state index contributed by atoms with van der Waals surface area (Å²) in [6, 6.07) is 19.9. The zero-order valence-electron chi connectivity index (χ0n) is 16.0. The molecule has 1 N–H and O–H groups in total. The van der Waals surface area contributed by atoms with Gasteiger partial charge < -0.3 is 9.84 Å². The molecule has 5 nitrogen and oxygen atoms in total. The number of piperazine rings is 1. The Labute approximate surface area is 180 Å². The van der Waals surface area contributed by atoms with Crippen molar-refractivity contribution in [3.8, 4) is 0 Å². The van der Waals surface area contributed by atoms with Crippen molar-refractivity contribution in [3.63, 3.8) is 0 Å². The fourth-order valence-corrected chi connectivity index (χ4v) is 4.15. The Morgan fingerprint density at radius 2 is 1.64 bits per heavy atom. The molecule has 0 saturated carbocycles. The predicted octanol–water partition coefficient (Wildman–Crippen LogP) is 3.43. The molecule has 1 saturated heterocycles. The van der Waals surface area contributed by atoms with Gasteiger partial charge in [-0.2, -0.15) is 0 Å². The van der Waals surface area contributed by atoms with Crippen LogP contribution in [0.4, 0.5) is 0 Å². The number of aliphatic carboxylic acids is 1. The number of alkyl halides is 1. The normalized spacial score (nSPS) is 16.8. The number of rotatable bonds is 9. The average Bonchev–Trinajstić information content (AvgIpc) is 2.74. The lowest BCUT2D eigenvalue weighted by atomic mass is 9.95. The second kappa shape index (κ2) is 10.9. The monoisotopic (exact) mass is 494 g/mol. The molecule has 0 amide bonds. The number of benzene rings is 2. The van der Waals surface area contributed by atoms with Crippen LogP contribution < -0.4 is 0 Å². The third kappa shape index (κ3) is 6.01. The van der Waals surface area contributed by atoms with Crippen LogP contribution in [0.3, 0.4) is 0 Å². The van der Waals surface area contributed by atoms with Crippen molar-refractivity contribution in [2.45, 2.75) is 10.5 Å². The maximum Gasteiger partial charge on any atom is 0.329 e. The highest BCUT2D eigenvalue weighted by atomic mass is 127. The second-order valence-corrected chi connectivity index (χ2v) is 7.78. The van der Waals surface area contributed by atoms with Gasteiger partial charge in [0, 0.05) is 37.2 Å². The van der Waals surface area contributed by atoms with Crippen LogP contribution in [0.5, 0.6) is 0 Å². The highest BCUT2D eigenvalue weighted by Gasteiger charge is 2.26. The fourth-order valence-electron chi connectivity index (χ4n) is 3.64. The predicted molar refractivity (Wildman–Crippen MR) is 119 cm³/mol. The first-order chi connectivity index (χ1) is 13.7. The molecular formula is C22H27IN2O3. The van der Waals surface area contributed by atoms with Gasteiger partial charge in [0.25, 0.3) is 0 Å². The van der Waals surface area contributed by atoms with E-state index >= 15 is 0 Å². The zero-order chi connectivity index (χ0) is 19.8. The highest BCUT2D eigenvalue weighted by molar-refractivity contribution is 14.1. The van der Waals surface area contributed by atoms with E-state index in [4.69, 9.17) is 9.84 Å². The Hall–Kier alpha value is -1.48. The molecule has 150 valence electrons. The van der Waals surface area contributed by atoms with E-state index in [9.17, 15) is 4.79 Å². The molecule has 1 aliphatic heterocycles. The van der Waals surface area contributed by atoms with E-state index < -0.39 is 5.97 Å². The van der Waals surface area contributed by atoms with Crippen LogP contribution in [0.15, 0.2) is 54.6 Å². The van der Waals surface area contributed by atoms with E-state index in [0.29, 0.717) is 6.61 Å². The molecule has 1 aliphatic rings. The van der Waals surface area contributed by atoms with E-state index in [1.54, 1.807) is 0 Å². The quantitative estimate of drug-likeness (QED) is 0.329. The third-order valence-electron chi connectivity index (χ3n) is 5.11. The SMILES string of the molecule is O=C(O)COCCN1CCN(C(c2ccccc2)c2ccc(CI)cc2)CC1. The smallest absolute Gasteiger partial charge is 0.329 e. The van der Waals surface area contributed by atoms with Crippen molar-refractivity contribution < 1.29 is 14.6 Å². The Balaban J connectivity index is 1.64. The first-order valence-corrected chi connectivity index (χ1v) is 11.2. The summed E-state index contributed by atoms with van der Waals surface area (Å²) in [4.78, 5) is 15.4. The van der Waals surface area contributed by atoms with Gasteiger partial charge in [-0.05, 0) is 16.7 Å². The van der Waals surface area contributed by atoms with Gasteiger partial charge in [-0.1, -0.05) is 77.2 Å². The molecule has 28 heavy (non-hydrogen) atoms. The molecule has 1 unspecified atom stereocenters. The van der Waals surface area contributed by atoms with Crippen molar-refractivity contribution in [1.82, 2.24) is 9.80 Å². The van der Waals surface area contributed by atoms with Gasteiger partial charge >= 0.3 is 5.97 Å². The van der Waals surface area contributed by atoms with Crippen molar-refractivity contribution in [1.29, 1.82) is 0 Å². The zero-order valence-corrected chi connectivity index (χ0v) is 18.1. The number of carboxylic acid groups (broad SMARTS) is 1. The molecule has 2 aromatic carbocycles. The molecule has 1 atom stereocenters. The first kappa shape index (κ1) is 21.2. The first-order valence-electron chi connectivity index (χ1n) is 9.63. The minimum absolute atomic E-state index is 0.219. The van der Waals surface area contributed by atoms with Crippen molar-refractivity contribution in [3.05, 3.63) is 71.3 Å². The molecular weight excluding hydrogens is 467 g/mol. The van der Waals surface area contributed by atoms with Gasteiger partial charge in [0.15, 0.2) is 0 Å². The minimum Gasteiger partial charge on any atom is -0.480 e. The average molecular weight is 494 g/mol. The topological polar surface area (TPSA) is 53.0 Å². The summed E-state index contributed by atoms with van der Waals surface area (Å²) in [6.07, 6.45) is 0. The number of halogens is 1. The molecule has 3 rings (SSSR count). The molecule has 1 heterocycles. The van der Waals surface area contributed by atoms with E-state index in [1.807, 2.05) is 0 Å². The van der Waals surface area contributed by atoms with Gasteiger partial charge in [-0.15, -0.1) is 0 Å². The van der Waals surface area contributed by atoms with Gasteiger partial charge in [-0.25, -0.2) is 4.79 Å². The van der Waals surface area contributed by atoms with Crippen LogP contribution >= 0.6 is 22.6 Å². The lowest BCUT2D eigenvalue weighted by molar-refractivity contribution is -0.142. The summed E-state index contributed by atoms with van der Waals surface area (Å²) in [6.45, 7) is 4.91. The molecule has 0 aliphatic carbocycles. The molecule has 0 radical (unpaired) electrons. The number of nitrogens with zero attached hydrogens (tertiary/aromatic N) is 2. The summed E-state index contributed by atoms with van der Waals surface area (Å²) in [7, 11) is 0. The Morgan fingerprint density at radius 3 is 2.25 bits per heavy atom. The van der Waals surface area contributed by atoms with Gasteiger partial charge in [-0.3, -0.25) is 9.80 Å². The lowest BCUT2D eigenvalue weighted by Gasteiger charge is -2.39. The molecule has 6 heteroatoms. The number of hydrogen-bond donors (Lipinski definition) is 1. The van der Waals surface area contributed by atoms with Crippen molar-refractivity contribution in [2.75, 3.05) is 45.9 Å². The van der Waals surface area contributed by atoms with Crippen molar-refractivity contribution in [2.24, 2.45) is 0 Å². The fraction of sp³-hybridized carbons (Fsp3) is 0.409. The van der Waals surface area contributed by atoms with Gasteiger partial charge in [0.05, 0.1) is 12.6 Å². The maximum absolute atomic E-state index is 10.5.